The van der Waals surface area contributed by atoms with Gasteiger partial charge in [-0.2, -0.15) is 0 Å². The molecular weight excluding hydrogens is 388 g/mol. The topological polar surface area (TPSA) is 70.6 Å². The molecule has 0 fully saturated rings. The Morgan fingerprint density at radius 1 is 1.00 bits per heavy atom. The van der Waals surface area contributed by atoms with E-state index in [-0.39, 0.29) is 17.6 Å². The second-order valence-corrected chi connectivity index (χ2v) is 7.61. The fourth-order valence-corrected chi connectivity index (χ4v) is 3.69. The first-order valence-electron chi connectivity index (χ1n) is 10.6. The van der Waals surface area contributed by atoms with E-state index in [1.54, 1.807) is 12.1 Å². The van der Waals surface area contributed by atoms with E-state index in [1.165, 1.54) is 6.07 Å². The number of carbonyl (C=O) groups excluding carboxylic acids is 1. The molecule has 0 radical (unpaired) electrons. The minimum absolute atomic E-state index is 0.000414. The Hall–Kier alpha value is -3.47. The average Bonchev–Trinajstić information content (AvgIpc) is 2.74. The molecule has 3 N–H and O–H groups in total. The van der Waals surface area contributed by atoms with Gasteiger partial charge in [-0.15, -0.1) is 0 Å². The SMILES string of the molecule is CCNc1cc(C)c(Oc2ccc(O)c(NC(=O)C(CC)c3ccccc3)c2)c(C)c1. The Labute approximate surface area is 184 Å². The largest absolute Gasteiger partial charge is 0.506 e. The first kappa shape index (κ1) is 22.2. The maximum atomic E-state index is 12.9. The number of hydrogen-bond donors (Lipinski definition) is 3. The molecule has 0 aromatic heterocycles. The number of nitrogens with one attached hydrogen (secondary N) is 2. The van der Waals surface area contributed by atoms with Gasteiger partial charge in [0.2, 0.25) is 5.91 Å². The summed E-state index contributed by atoms with van der Waals surface area (Å²) in [6, 6.07) is 18.6. The molecule has 0 heterocycles. The summed E-state index contributed by atoms with van der Waals surface area (Å²) in [6.07, 6.45) is 0.656. The molecule has 0 saturated heterocycles. The van der Waals surface area contributed by atoms with E-state index >= 15 is 0 Å². The number of amides is 1. The van der Waals surface area contributed by atoms with E-state index in [0.717, 1.165) is 34.7 Å². The summed E-state index contributed by atoms with van der Waals surface area (Å²) in [5, 5.41) is 16.5. The third-order valence-corrected chi connectivity index (χ3v) is 5.21. The van der Waals surface area contributed by atoms with Crippen LogP contribution < -0.4 is 15.4 Å². The number of rotatable bonds is 8. The van der Waals surface area contributed by atoms with Crippen LogP contribution in [0.5, 0.6) is 17.2 Å². The molecule has 0 saturated carbocycles. The van der Waals surface area contributed by atoms with Crippen LogP contribution in [0.1, 0.15) is 42.9 Å². The fraction of sp³-hybridized carbons (Fsp3) is 0.269. The molecule has 5 heteroatoms. The number of benzene rings is 3. The summed E-state index contributed by atoms with van der Waals surface area (Å²) >= 11 is 0. The van der Waals surface area contributed by atoms with Crippen molar-refractivity contribution >= 4 is 17.3 Å². The first-order valence-corrected chi connectivity index (χ1v) is 10.6. The van der Waals surface area contributed by atoms with Crippen LogP contribution in [0.2, 0.25) is 0 Å². The lowest BCUT2D eigenvalue weighted by molar-refractivity contribution is -0.117. The van der Waals surface area contributed by atoms with Crippen LogP contribution in [0.25, 0.3) is 0 Å². The number of hydrogen-bond acceptors (Lipinski definition) is 4. The van der Waals surface area contributed by atoms with Crippen molar-refractivity contribution < 1.29 is 14.6 Å². The molecule has 0 aliphatic carbocycles. The molecule has 1 atom stereocenters. The van der Waals surface area contributed by atoms with Crippen molar-refractivity contribution in [3.8, 4) is 17.2 Å². The summed E-state index contributed by atoms with van der Waals surface area (Å²) in [5.74, 6) is 0.847. The predicted molar refractivity (Wildman–Crippen MR) is 126 cm³/mol. The summed E-state index contributed by atoms with van der Waals surface area (Å²) < 4.78 is 6.13. The highest BCUT2D eigenvalue weighted by molar-refractivity contribution is 5.97. The van der Waals surface area contributed by atoms with Crippen molar-refractivity contribution in [3.05, 3.63) is 77.4 Å². The Kier molecular flexibility index (Phi) is 7.19. The smallest absolute Gasteiger partial charge is 0.232 e. The monoisotopic (exact) mass is 418 g/mol. The lowest BCUT2D eigenvalue weighted by Gasteiger charge is -2.18. The molecule has 3 aromatic carbocycles. The number of anilines is 2. The third kappa shape index (κ3) is 5.37. The van der Waals surface area contributed by atoms with Crippen molar-refractivity contribution in [1.29, 1.82) is 0 Å². The zero-order chi connectivity index (χ0) is 22.4. The van der Waals surface area contributed by atoms with Gasteiger partial charge >= 0.3 is 0 Å². The number of phenols is 1. The highest BCUT2D eigenvalue weighted by Gasteiger charge is 2.20. The second-order valence-electron chi connectivity index (χ2n) is 7.61. The third-order valence-electron chi connectivity index (χ3n) is 5.21. The average molecular weight is 419 g/mol. The van der Waals surface area contributed by atoms with Crippen LogP contribution in [0.3, 0.4) is 0 Å². The minimum Gasteiger partial charge on any atom is -0.506 e. The van der Waals surface area contributed by atoms with Crippen LogP contribution in [0.4, 0.5) is 11.4 Å². The van der Waals surface area contributed by atoms with Gasteiger partial charge in [0, 0.05) is 18.3 Å². The lowest BCUT2D eigenvalue weighted by Crippen LogP contribution is -2.20. The fourth-order valence-electron chi connectivity index (χ4n) is 3.69. The zero-order valence-corrected chi connectivity index (χ0v) is 18.5. The summed E-state index contributed by atoms with van der Waals surface area (Å²) in [7, 11) is 0. The standard InChI is InChI=1S/C26H30N2O3/c1-5-22(19-10-8-7-9-11-19)26(30)28-23-16-21(12-13-24(23)29)31-25-17(3)14-20(27-6-2)15-18(25)4/h7-16,22,27,29H,5-6H2,1-4H3,(H,28,30). The number of ether oxygens (including phenoxy) is 1. The van der Waals surface area contributed by atoms with E-state index in [1.807, 2.05) is 63.2 Å². The molecule has 3 aromatic rings. The maximum absolute atomic E-state index is 12.9. The second kappa shape index (κ2) is 10.0. The predicted octanol–water partition coefficient (Wildman–Crippen LogP) is 6.37. The Bertz CT molecular complexity index is 1020. The van der Waals surface area contributed by atoms with Gasteiger partial charge in [-0.05, 0) is 68.1 Å². The van der Waals surface area contributed by atoms with E-state index in [4.69, 9.17) is 4.74 Å². The lowest BCUT2D eigenvalue weighted by atomic mass is 9.95. The quantitative estimate of drug-likeness (QED) is 0.372. The van der Waals surface area contributed by atoms with E-state index in [2.05, 4.69) is 17.6 Å². The van der Waals surface area contributed by atoms with Crippen molar-refractivity contribution in [2.45, 2.75) is 40.0 Å². The van der Waals surface area contributed by atoms with Crippen LogP contribution in [0.15, 0.2) is 60.7 Å². The van der Waals surface area contributed by atoms with Crippen LogP contribution in [-0.2, 0) is 4.79 Å². The minimum atomic E-state index is -0.298. The van der Waals surface area contributed by atoms with Crippen LogP contribution >= 0.6 is 0 Å². The van der Waals surface area contributed by atoms with Crippen molar-refractivity contribution in [2.75, 3.05) is 17.2 Å². The van der Waals surface area contributed by atoms with E-state index in [0.29, 0.717) is 17.9 Å². The van der Waals surface area contributed by atoms with E-state index < -0.39 is 0 Å². The Balaban J connectivity index is 1.82. The van der Waals surface area contributed by atoms with Gasteiger partial charge in [0.15, 0.2) is 0 Å². The van der Waals surface area contributed by atoms with Crippen molar-refractivity contribution in [1.82, 2.24) is 0 Å². The Morgan fingerprint density at radius 2 is 1.68 bits per heavy atom. The summed E-state index contributed by atoms with van der Waals surface area (Å²) in [4.78, 5) is 12.9. The zero-order valence-electron chi connectivity index (χ0n) is 18.5. The van der Waals surface area contributed by atoms with Crippen molar-refractivity contribution in [3.63, 3.8) is 0 Å². The van der Waals surface area contributed by atoms with Crippen LogP contribution in [-0.4, -0.2) is 17.6 Å². The molecule has 1 unspecified atom stereocenters. The maximum Gasteiger partial charge on any atom is 0.232 e. The molecule has 1 amide bonds. The van der Waals surface area contributed by atoms with Gasteiger partial charge in [-0.1, -0.05) is 37.3 Å². The Morgan fingerprint density at radius 3 is 2.29 bits per heavy atom. The summed E-state index contributed by atoms with van der Waals surface area (Å²) in [5.41, 5.74) is 4.34. The molecule has 0 bridgehead atoms. The van der Waals surface area contributed by atoms with Gasteiger partial charge in [0.25, 0.3) is 0 Å². The number of carbonyl (C=O) groups is 1. The van der Waals surface area contributed by atoms with Crippen molar-refractivity contribution in [2.24, 2.45) is 0 Å². The highest BCUT2D eigenvalue weighted by Crippen LogP contribution is 2.35. The molecule has 0 spiro atoms. The molecule has 0 aliphatic rings. The highest BCUT2D eigenvalue weighted by atomic mass is 16.5. The summed E-state index contributed by atoms with van der Waals surface area (Å²) in [6.45, 7) is 8.87. The molecule has 5 nitrogen and oxygen atoms in total. The molecular formula is C26H30N2O3. The molecule has 0 aliphatic heterocycles. The number of aryl methyl sites for hydroxylation is 2. The first-order chi connectivity index (χ1) is 14.9. The number of aromatic hydroxyl groups is 1. The normalized spacial score (nSPS) is 11.6. The molecule has 162 valence electrons. The van der Waals surface area contributed by atoms with Gasteiger partial charge in [-0.25, -0.2) is 0 Å². The van der Waals surface area contributed by atoms with E-state index in [9.17, 15) is 9.90 Å². The van der Waals surface area contributed by atoms with Crippen LogP contribution in [0, 0.1) is 13.8 Å². The van der Waals surface area contributed by atoms with Gasteiger partial charge < -0.3 is 20.5 Å². The van der Waals surface area contributed by atoms with Gasteiger partial charge in [0.05, 0.1) is 11.6 Å². The number of phenolic OH excluding ortho intramolecular Hbond substituents is 1. The van der Waals surface area contributed by atoms with Gasteiger partial charge in [0.1, 0.15) is 17.2 Å². The van der Waals surface area contributed by atoms with Gasteiger partial charge in [-0.3, -0.25) is 4.79 Å². The molecule has 3 rings (SSSR count). The molecule has 31 heavy (non-hydrogen) atoms.